The molecule has 0 saturated carbocycles. The zero-order chi connectivity index (χ0) is 16.9. The van der Waals surface area contributed by atoms with Crippen LogP contribution >= 0.6 is 0 Å². The van der Waals surface area contributed by atoms with Crippen LogP contribution in [0, 0.1) is 6.92 Å². The Morgan fingerprint density at radius 3 is 2.46 bits per heavy atom. The number of hydrogen-bond acceptors (Lipinski definition) is 3. The fourth-order valence-electron chi connectivity index (χ4n) is 2.87. The lowest BCUT2D eigenvalue weighted by molar-refractivity contribution is 0.0693. The van der Waals surface area contributed by atoms with E-state index in [1.165, 1.54) is 0 Å². The number of aliphatic hydroxyl groups excluding tert-OH is 1. The fraction of sp³-hybridized carbons (Fsp3) is 0.250. The Hall–Kier alpha value is -2.59. The minimum absolute atomic E-state index is 0.0696. The number of furan rings is 1. The van der Waals surface area contributed by atoms with Crippen LogP contribution in [0.5, 0.6) is 0 Å². The van der Waals surface area contributed by atoms with Crippen molar-refractivity contribution in [3.05, 3.63) is 71.5 Å². The maximum absolute atomic E-state index is 12.9. The Balaban J connectivity index is 1.81. The number of benzene rings is 2. The van der Waals surface area contributed by atoms with E-state index in [4.69, 9.17) is 4.42 Å². The molecule has 0 atom stereocenters. The number of rotatable bonds is 6. The van der Waals surface area contributed by atoms with E-state index in [0.717, 1.165) is 22.9 Å². The van der Waals surface area contributed by atoms with Gasteiger partial charge in [0.05, 0.1) is 6.61 Å². The molecule has 24 heavy (non-hydrogen) atoms. The molecule has 0 aliphatic rings. The number of aliphatic hydroxyl groups is 1. The summed E-state index contributed by atoms with van der Waals surface area (Å²) in [5, 5.41) is 10.3. The summed E-state index contributed by atoms with van der Waals surface area (Å²) >= 11 is 0. The molecule has 1 heterocycles. The molecule has 1 amide bonds. The standard InChI is InChI=1S/C20H21NO3/c1-15-17-9-5-6-10-18(17)24-19(15)20(23)21(13-14-22)12-11-16-7-3-2-4-8-16/h2-10,22H,11-14H2,1H3. The van der Waals surface area contributed by atoms with Crippen LogP contribution in [0.3, 0.4) is 0 Å². The molecule has 4 nitrogen and oxygen atoms in total. The summed E-state index contributed by atoms with van der Waals surface area (Å²) in [4.78, 5) is 14.5. The van der Waals surface area contributed by atoms with Crippen molar-refractivity contribution in [2.45, 2.75) is 13.3 Å². The molecule has 3 aromatic rings. The zero-order valence-electron chi connectivity index (χ0n) is 13.7. The number of hydrogen-bond donors (Lipinski definition) is 1. The van der Waals surface area contributed by atoms with E-state index < -0.39 is 0 Å². The van der Waals surface area contributed by atoms with Crippen LogP contribution in [0.15, 0.2) is 59.0 Å². The Labute approximate surface area is 141 Å². The third-order valence-corrected chi connectivity index (χ3v) is 4.21. The molecule has 0 aliphatic carbocycles. The van der Waals surface area contributed by atoms with Gasteiger partial charge in [0.25, 0.3) is 5.91 Å². The highest BCUT2D eigenvalue weighted by molar-refractivity contribution is 5.98. The maximum atomic E-state index is 12.9. The second-order valence-electron chi connectivity index (χ2n) is 5.80. The molecule has 2 aromatic carbocycles. The third-order valence-electron chi connectivity index (χ3n) is 4.21. The summed E-state index contributed by atoms with van der Waals surface area (Å²) in [6.07, 6.45) is 0.742. The van der Waals surface area contributed by atoms with Crippen molar-refractivity contribution in [2.24, 2.45) is 0 Å². The van der Waals surface area contributed by atoms with Gasteiger partial charge in [-0.1, -0.05) is 48.5 Å². The van der Waals surface area contributed by atoms with Gasteiger partial charge in [-0.3, -0.25) is 4.79 Å². The molecule has 0 unspecified atom stereocenters. The number of fused-ring (bicyclic) bond motifs is 1. The Morgan fingerprint density at radius 1 is 1.04 bits per heavy atom. The largest absolute Gasteiger partial charge is 0.451 e. The van der Waals surface area contributed by atoms with Gasteiger partial charge in [0.1, 0.15) is 5.58 Å². The lowest BCUT2D eigenvalue weighted by atomic mass is 10.1. The van der Waals surface area contributed by atoms with Crippen molar-refractivity contribution in [3.8, 4) is 0 Å². The first-order chi connectivity index (χ1) is 11.7. The van der Waals surface area contributed by atoms with Crippen LogP contribution in [0.4, 0.5) is 0 Å². The van der Waals surface area contributed by atoms with Crippen molar-refractivity contribution >= 4 is 16.9 Å². The minimum atomic E-state index is -0.173. The molecule has 1 aromatic heterocycles. The second kappa shape index (κ2) is 7.32. The van der Waals surface area contributed by atoms with Gasteiger partial charge in [0.2, 0.25) is 0 Å². The van der Waals surface area contributed by atoms with Crippen LogP contribution < -0.4 is 0 Å². The Kier molecular flexibility index (Phi) is 4.96. The van der Waals surface area contributed by atoms with Gasteiger partial charge in [0, 0.05) is 24.0 Å². The van der Waals surface area contributed by atoms with E-state index in [2.05, 4.69) is 0 Å². The van der Waals surface area contributed by atoms with Gasteiger partial charge < -0.3 is 14.4 Å². The average molecular weight is 323 g/mol. The molecule has 0 bridgehead atoms. The molecule has 0 radical (unpaired) electrons. The monoisotopic (exact) mass is 323 g/mol. The van der Waals surface area contributed by atoms with E-state index in [1.54, 1.807) is 4.90 Å². The molecule has 0 fully saturated rings. The highest BCUT2D eigenvalue weighted by Gasteiger charge is 2.22. The summed E-state index contributed by atoms with van der Waals surface area (Å²) in [7, 11) is 0. The van der Waals surface area contributed by atoms with Crippen molar-refractivity contribution in [1.82, 2.24) is 4.90 Å². The number of para-hydroxylation sites is 1. The van der Waals surface area contributed by atoms with Gasteiger partial charge in [-0.2, -0.15) is 0 Å². The topological polar surface area (TPSA) is 53.7 Å². The normalized spacial score (nSPS) is 10.9. The number of aryl methyl sites for hydroxylation is 1. The second-order valence-corrected chi connectivity index (χ2v) is 5.80. The molecule has 0 spiro atoms. The molecule has 0 saturated heterocycles. The van der Waals surface area contributed by atoms with Gasteiger partial charge in [-0.15, -0.1) is 0 Å². The van der Waals surface area contributed by atoms with Crippen molar-refractivity contribution < 1.29 is 14.3 Å². The first-order valence-corrected chi connectivity index (χ1v) is 8.13. The highest BCUT2D eigenvalue weighted by atomic mass is 16.3. The maximum Gasteiger partial charge on any atom is 0.289 e. The molecule has 3 rings (SSSR count). The average Bonchev–Trinajstić information content (AvgIpc) is 2.96. The lowest BCUT2D eigenvalue weighted by Crippen LogP contribution is -2.35. The van der Waals surface area contributed by atoms with Gasteiger partial charge in [-0.05, 0) is 25.0 Å². The van der Waals surface area contributed by atoms with Crippen LogP contribution in [-0.2, 0) is 6.42 Å². The molecule has 124 valence electrons. The zero-order valence-corrected chi connectivity index (χ0v) is 13.7. The summed E-state index contributed by atoms with van der Waals surface area (Å²) in [6.45, 7) is 2.66. The molecule has 1 N–H and O–H groups in total. The van der Waals surface area contributed by atoms with E-state index in [-0.39, 0.29) is 12.5 Å². The van der Waals surface area contributed by atoms with Crippen molar-refractivity contribution in [2.75, 3.05) is 19.7 Å². The van der Waals surface area contributed by atoms with Crippen molar-refractivity contribution in [3.63, 3.8) is 0 Å². The molecule has 0 aliphatic heterocycles. The number of carbonyl (C=O) groups is 1. The minimum Gasteiger partial charge on any atom is -0.451 e. The first-order valence-electron chi connectivity index (χ1n) is 8.13. The summed E-state index contributed by atoms with van der Waals surface area (Å²) in [6, 6.07) is 17.6. The van der Waals surface area contributed by atoms with Crippen LogP contribution in [-0.4, -0.2) is 35.6 Å². The summed E-state index contributed by atoms with van der Waals surface area (Å²) in [5.41, 5.74) is 2.72. The van der Waals surface area contributed by atoms with Gasteiger partial charge in [0.15, 0.2) is 5.76 Å². The van der Waals surface area contributed by atoms with Gasteiger partial charge >= 0.3 is 0 Å². The predicted octanol–water partition coefficient (Wildman–Crippen LogP) is 3.42. The van der Waals surface area contributed by atoms with Crippen LogP contribution in [0.1, 0.15) is 21.7 Å². The van der Waals surface area contributed by atoms with E-state index in [1.807, 2.05) is 61.5 Å². The molecule has 4 heteroatoms. The molecular formula is C20H21NO3. The summed E-state index contributed by atoms with van der Waals surface area (Å²) in [5.74, 6) is 0.186. The van der Waals surface area contributed by atoms with E-state index in [0.29, 0.717) is 24.4 Å². The SMILES string of the molecule is Cc1c(C(=O)N(CCO)CCc2ccccc2)oc2ccccc12. The third kappa shape index (κ3) is 3.34. The number of carbonyl (C=O) groups excluding carboxylic acids is 1. The first kappa shape index (κ1) is 16.3. The lowest BCUT2D eigenvalue weighted by Gasteiger charge is -2.21. The van der Waals surface area contributed by atoms with Gasteiger partial charge in [-0.25, -0.2) is 0 Å². The smallest absolute Gasteiger partial charge is 0.289 e. The number of nitrogens with zero attached hydrogens (tertiary/aromatic N) is 1. The molecular weight excluding hydrogens is 302 g/mol. The highest BCUT2D eigenvalue weighted by Crippen LogP contribution is 2.26. The summed E-state index contributed by atoms with van der Waals surface area (Å²) < 4.78 is 5.77. The van der Waals surface area contributed by atoms with E-state index in [9.17, 15) is 9.90 Å². The fourth-order valence-corrected chi connectivity index (χ4v) is 2.87. The van der Waals surface area contributed by atoms with Crippen LogP contribution in [0.2, 0.25) is 0 Å². The quantitative estimate of drug-likeness (QED) is 0.756. The Morgan fingerprint density at radius 2 is 1.75 bits per heavy atom. The number of amides is 1. The van der Waals surface area contributed by atoms with Crippen LogP contribution in [0.25, 0.3) is 11.0 Å². The van der Waals surface area contributed by atoms with Crippen molar-refractivity contribution in [1.29, 1.82) is 0 Å². The van der Waals surface area contributed by atoms with E-state index >= 15 is 0 Å². The predicted molar refractivity (Wildman–Crippen MR) is 94.1 cm³/mol. The Bertz CT molecular complexity index is 823.